The number of piperidine rings is 1. The van der Waals surface area contributed by atoms with Crippen molar-refractivity contribution in [2.75, 3.05) is 13.1 Å². The smallest absolute Gasteiger partial charge is 0.387 e. The van der Waals surface area contributed by atoms with Crippen molar-refractivity contribution in [3.63, 3.8) is 0 Å². The third kappa shape index (κ3) is 4.92. The van der Waals surface area contributed by atoms with Crippen molar-refractivity contribution in [2.45, 2.75) is 45.8 Å². The highest BCUT2D eigenvalue weighted by molar-refractivity contribution is 5.97. The highest BCUT2D eigenvalue weighted by Crippen LogP contribution is 2.26. The van der Waals surface area contributed by atoms with Gasteiger partial charge in [-0.3, -0.25) is 9.59 Å². The van der Waals surface area contributed by atoms with Gasteiger partial charge in [0.25, 0.3) is 5.91 Å². The molecule has 0 aliphatic carbocycles. The van der Waals surface area contributed by atoms with Crippen molar-refractivity contribution in [2.24, 2.45) is 5.92 Å². The first-order valence-electron chi connectivity index (χ1n) is 9.63. The highest BCUT2D eigenvalue weighted by Gasteiger charge is 2.34. The number of halogens is 2. The van der Waals surface area contributed by atoms with Crippen molar-refractivity contribution < 1.29 is 27.6 Å². The Morgan fingerprint density at radius 2 is 2.07 bits per heavy atom. The molecule has 1 aromatic heterocycles. The van der Waals surface area contributed by atoms with Gasteiger partial charge >= 0.3 is 6.61 Å². The number of benzene rings is 1. The van der Waals surface area contributed by atoms with Crippen LogP contribution in [-0.2, 0) is 10.3 Å². The number of alkyl halides is 2. The lowest BCUT2D eigenvalue weighted by Gasteiger charge is -2.34. The number of ether oxygens (including phenoxy) is 1. The molecule has 1 fully saturated rings. The zero-order chi connectivity index (χ0) is 21.9. The molecule has 0 spiro atoms. The van der Waals surface area contributed by atoms with Gasteiger partial charge in [-0.1, -0.05) is 17.3 Å². The van der Waals surface area contributed by atoms with Crippen LogP contribution < -0.4 is 10.1 Å². The number of likely N-dealkylation sites (tertiary alicyclic amines) is 1. The SMILES string of the molecule is Cc1nc(C(C)(C)NC(=O)C2CCCN(C(=O)c3ccccc3OC(F)F)C2)no1. The number of amides is 2. The number of hydrogen-bond donors (Lipinski definition) is 1. The van der Waals surface area contributed by atoms with Crippen LogP contribution >= 0.6 is 0 Å². The van der Waals surface area contributed by atoms with Crippen molar-refractivity contribution in [3.05, 3.63) is 41.5 Å². The first-order valence-corrected chi connectivity index (χ1v) is 9.63. The first-order chi connectivity index (χ1) is 14.2. The van der Waals surface area contributed by atoms with Crippen LogP contribution in [0.1, 0.15) is 48.8 Å². The predicted octanol–water partition coefficient (Wildman–Crippen LogP) is 2.88. The third-order valence-corrected chi connectivity index (χ3v) is 4.94. The zero-order valence-corrected chi connectivity index (χ0v) is 17.0. The molecule has 2 amide bonds. The van der Waals surface area contributed by atoms with Gasteiger partial charge in [-0.25, -0.2) is 0 Å². The van der Waals surface area contributed by atoms with E-state index in [1.165, 1.54) is 23.1 Å². The molecule has 1 N–H and O–H groups in total. The van der Waals surface area contributed by atoms with Crippen molar-refractivity contribution >= 4 is 11.8 Å². The number of nitrogens with zero attached hydrogens (tertiary/aromatic N) is 3. The van der Waals surface area contributed by atoms with Crippen molar-refractivity contribution in [1.82, 2.24) is 20.4 Å². The van der Waals surface area contributed by atoms with E-state index in [2.05, 4.69) is 20.2 Å². The van der Waals surface area contributed by atoms with Gasteiger partial charge in [-0.2, -0.15) is 13.8 Å². The number of carbonyl (C=O) groups excluding carboxylic acids is 2. The number of carbonyl (C=O) groups is 2. The number of nitrogens with one attached hydrogen (secondary N) is 1. The summed E-state index contributed by atoms with van der Waals surface area (Å²) in [6, 6.07) is 5.85. The summed E-state index contributed by atoms with van der Waals surface area (Å²) in [4.78, 5) is 31.4. The molecule has 1 saturated heterocycles. The molecular formula is C20H24F2N4O4. The summed E-state index contributed by atoms with van der Waals surface area (Å²) in [5, 5.41) is 6.77. The van der Waals surface area contributed by atoms with Crippen LogP contribution in [0.3, 0.4) is 0 Å². The molecule has 1 atom stereocenters. The van der Waals surface area contributed by atoms with Gasteiger partial charge in [-0.15, -0.1) is 0 Å². The van der Waals surface area contributed by atoms with E-state index in [9.17, 15) is 18.4 Å². The summed E-state index contributed by atoms with van der Waals surface area (Å²) in [7, 11) is 0. The maximum atomic E-state index is 12.9. The molecule has 8 nitrogen and oxygen atoms in total. The Morgan fingerprint density at radius 1 is 1.33 bits per heavy atom. The Bertz CT molecular complexity index is 916. The average Bonchev–Trinajstić information content (AvgIpc) is 3.15. The van der Waals surface area contributed by atoms with Crippen LogP contribution in [0, 0.1) is 12.8 Å². The highest BCUT2D eigenvalue weighted by atomic mass is 19.3. The van der Waals surface area contributed by atoms with Gasteiger partial charge in [0, 0.05) is 20.0 Å². The monoisotopic (exact) mass is 422 g/mol. The molecule has 30 heavy (non-hydrogen) atoms. The molecule has 1 unspecified atom stereocenters. The second kappa shape index (κ2) is 8.76. The molecular weight excluding hydrogens is 398 g/mol. The fourth-order valence-electron chi connectivity index (χ4n) is 3.41. The van der Waals surface area contributed by atoms with E-state index in [1.807, 2.05) is 0 Å². The molecule has 0 saturated carbocycles. The second-order valence-corrected chi connectivity index (χ2v) is 7.72. The lowest BCUT2D eigenvalue weighted by Crippen LogP contribution is -2.50. The average molecular weight is 422 g/mol. The molecule has 0 bridgehead atoms. The van der Waals surface area contributed by atoms with Gasteiger partial charge in [0.1, 0.15) is 5.75 Å². The Morgan fingerprint density at radius 3 is 2.73 bits per heavy atom. The Kier molecular flexibility index (Phi) is 6.33. The van der Waals surface area contributed by atoms with Crippen LogP contribution in [0.15, 0.2) is 28.8 Å². The maximum absolute atomic E-state index is 12.9. The van der Waals surface area contributed by atoms with Gasteiger partial charge in [-0.05, 0) is 38.8 Å². The second-order valence-electron chi connectivity index (χ2n) is 7.72. The standard InChI is InChI=1S/C20H24F2N4O4/c1-12-23-18(25-30-12)20(2,3)24-16(27)13-7-6-10-26(11-13)17(28)14-8-4-5-9-15(14)29-19(21)22/h4-5,8-9,13,19H,6-7,10-11H2,1-3H3,(H,24,27). The lowest BCUT2D eigenvalue weighted by atomic mass is 9.94. The Hall–Kier alpha value is -3.04. The van der Waals surface area contributed by atoms with Crippen LogP contribution in [0.2, 0.25) is 0 Å². The van der Waals surface area contributed by atoms with Gasteiger partial charge < -0.3 is 19.5 Å². The number of rotatable bonds is 6. The van der Waals surface area contributed by atoms with Gasteiger partial charge in [0.05, 0.1) is 17.0 Å². The van der Waals surface area contributed by atoms with E-state index in [1.54, 1.807) is 26.8 Å². The number of aryl methyl sites for hydroxylation is 1. The molecule has 0 radical (unpaired) electrons. The number of aromatic nitrogens is 2. The molecule has 1 aromatic carbocycles. The molecule has 1 aliphatic rings. The fraction of sp³-hybridized carbons (Fsp3) is 0.500. The third-order valence-electron chi connectivity index (χ3n) is 4.94. The van der Waals surface area contributed by atoms with Crippen LogP contribution in [-0.4, -0.2) is 46.6 Å². The first kappa shape index (κ1) is 21.7. The van der Waals surface area contributed by atoms with E-state index in [-0.39, 0.29) is 23.8 Å². The predicted molar refractivity (Wildman–Crippen MR) is 102 cm³/mol. The van der Waals surface area contributed by atoms with Crippen molar-refractivity contribution in [3.8, 4) is 5.75 Å². The number of hydrogen-bond acceptors (Lipinski definition) is 6. The van der Waals surface area contributed by atoms with Crippen LogP contribution in [0.4, 0.5) is 8.78 Å². The van der Waals surface area contributed by atoms with E-state index in [0.29, 0.717) is 31.1 Å². The molecule has 10 heteroatoms. The molecule has 2 heterocycles. The van der Waals surface area contributed by atoms with E-state index in [0.717, 1.165) is 0 Å². The van der Waals surface area contributed by atoms with Crippen LogP contribution in [0.25, 0.3) is 0 Å². The minimum atomic E-state index is -3.03. The van der Waals surface area contributed by atoms with Gasteiger partial charge in [0.15, 0.2) is 5.82 Å². The topological polar surface area (TPSA) is 97.6 Å². The Labute approximate surface area is 172 Å². The quantitative estimate of drug-likeness (QED) is 0.769. The summed E-state index contributed by atoms with van der Waals surface area (Å²) in [5.41, 5.74) is -0.805. The molecule has 162 valence electrons. The van der Waals surface area contributed by atoms with Gasteiger partial charge in [0.2, 0.25) is 11.8 Å². The molecule has 3 rings (SSSR count). The minimum Gasteiger partial charge on any atom is -0.434 e. The fourth-order valence-corrected chi connectivity index (χ4v) is 3.41. The van der Waals surface area contributed by atoms with Crippen LogP contribution in [0.5, 0.6) is 5.75 Å². The summed E-state index contributed by atoms with van der Waals surface area (Å²) < 4.78 is 34.8. The summed E-state index contributed by atoms with van der Waals surface area (Å²) in [5.74, 6) is -0.564. The summed E-state index contributed by atoms with van der Waals surface area (Å²) >= 11 is 0. The summed E-state index contributed by atoms with van der Waals surface area (Å²) in [6.45, 7) is 2.76. The van der Waals surface area contributed by atoms with E-state index < -0.39 is 24.0 Å². The Balaban J connectivity index is 1.69. The molecule has 1 aliphatic heterocycles. The zero-order valence-electron chi connectivity index (χ0n) is 17.0. The normalized spacial score (nSPS) is 17.1. The van der Waals surface area contributed by atoms with Crippen molar-refractivity contribution in [1.29, 1.82) is 0 Å². The molecule has 2 aromatic rings. The van der Waals surface area contributed by atoms with E-state index >= 15 is 0 Å². The largest absolute Gasteiger partial charge is 0.434 e. The lowest BCUT2D eigenvalue weighted by molar-refractivity contribution is -0.128. The number of para-hydroxylation sites is 1. The van der Waals surface area contributed by atoms with E-state index in [4.69, 9.17) is 4.52 Å². The maximum Gasteiger partial charge on any atom is 0.387 e. The summed E-state index contributed by atoms with van der Waals surface area (Å²) in [6.07, 6.45) is 1.22. The minimum absolute atomic E-state index is 0.0430.